The number of aryl methyl sites for hydroxylation is 1. The number of hydrogen-bond donors (Lipinski definition) is 1. The maximum atomic E-state index is 8.90. The molecule has 0 radical (unpaired) electrons. The second kappa shape index (κ2) is 5.42. The number of rotatable bonds is 5. The summed E-state index contributed by atoms with van der Waals surface area (Å²) in [6, 6.07) is 8.20. The van der Waals surface area contributed by atoms with Crippen molar-refractivity contribution in [3.63, 3.8) is 0 Å². The number of aromatic nitrogens is 5. The van der Waals surface area contributed by atoms with Gasteiger partial charge in [-0.25, -0.2) is 4.68 Å². The molecule has 2 heterocycles. The van der Waals surface area contributed by atoms with E-state index < -0.39 is 0 Å². The van der Waals surface area contributed by atoms with Crippen molar-refractivity contribution in [3.05, 3.63) is 41.9 Å². The molecule has 104 valence electrons. The van der Waals surface area contributed by atoms with Gasteiger partial charge in [0.05, 0.1) is 23.4 Å². The Labute approximate surface area is 116 Å². The van der Waals surface area contributed by atoms with E-state index in [0.29, 0.717) is 13.0 Å². The van der Waals surface area contributed by atoms with Crippen LogP contribution < -0.4 is 0 Å². The third-order valence-electron chi connectivity index (χ3n) is 3.30. The van der Waals surface area contributed by atoms with E-state index in [4.69, 9.17) is 5.11 Å². The molecular weight excluding hydrogens is 254 g/mol. The summed E-state index contributed by atoms with van der Waals surface area (Å²) in [6.45, 7) is 3.60. The van der Waals surface area contributed by atoms with Crippen LogP contribution in [0.2, 0.25) is 0 Å². The molecule has 0 spiro atoms. The van der Waals surface area contributed by atoms with Gasteiger partial charge in [0.1, 0.15) is 0 Å². The van der Waals surface area contributed by atoms with Gasteiger partial charge in [-0.15, -0.1) is 5.10 Å². The highest BCUT2D eigenvalue weighted by Gasteiger charge is 2.10. The monoisotopic (exact) mass is 271 g/mol. The van der Waals surface area contributed by atoms with E-state index in [1.165, 1.54) is 0 Å². The average Bonchev–Trinajstić information content (AvgIpc) is 3.05. The standard InChI is InChI=1S/C14H17N5O/c1-2-19-14-6-4-3-5-12(14)13(16-19)10-18-9-11(7-8-20)15-17-18/h3-6,9,20H,2,7-8,10H2,1H3. The number of hydrogen-bond acceptors (Lipinski definition) is 4. The highest BCUT2D eigenvalue weighted by atomic mass is 16.3. The zero-order valence-corrected chi connectivity index (χ0v) is 11.4. The van der Waals surface area contributed by atoms with E-state index in [0.717, 1.165) is 28.8 Å². The Morgan fingerprint density at radius 3 is 2.90 bits per heavy atom. The Morgan fingerprint density at radius 2 is 2.10 bits per heavy atom. The maximum Gasteiger partial charge on any atom is 0.0918 e. The van der Waals surface area contributed by atoms with Crippen molar-refractivity contribution < 1.29 is 5.11 Å². The predicted octanol–water partition coefficient (Wildman–Crippen LogP) is 1.23. The lowest BCUT2D eigenvalue weighted by Crippen LogP contribution is -2.03. The first-order chi connectivity index (χ1) is 9.81. The first kappa shape index (κ1) is 12.8. The quantitative estimate of drug-likeness (QED) is 0.758. The van der Waals surface area contributed by atoms with Gasteiger partial charge in [0, 0.05) is 31.2 Å². The number of aliphatic hydroxyl groups is 1. The molecule has 6 heteroatoms. The molecule has 0 saturated carbocycles. The number of nitrogens with zero attached hydrogens (tertiary/aromatic N) is 5. The molecule has 0 aliphatic carbocycles. The zero-order valence-electron chi connectivity index (χ0n) is 11.4. The predicted molar refractivity (Wildman–Crippen MR) is 75.3 cm³/mol. The van der Waals surface area contributed by atoms with Crippen LogP contribution in [-0.4, -0.2) is 36.5 Å². The largest absolute Gasteiger partial charge is 0.396 e. The van der Waals surface area contributed by atoms with Gasteiger partial charge in [-0.1, -0.05) is 23.4 Å². The van der Waals surface area contributed by atoms with Gasteiger partial charge < -0.3 is 5.11 Å². The molecule has 20 heavy (non-hydrogen) atoms. The number of fused-ring (bicyclic) bond motifs is 1. The van der Waals surface area contributed by atoms with Crippen LogP contribution in [-0.2, 0) is 19.5 Å². The summed E-state index contributed by atoms with van der Waals surface area (Å²) in [6.07, 6.45) is 2.39. The van der Waals surface area contributed by atoms with Crippen molar-refractivity contribution in [1.82, 2.24) is 24.8 Å². The fraction of sp³-hybridized carbons (Fsp3) is 0.357. The summed E-state index contributed by atoms with van der Waals surface area (Å²) in [7, 11) is 0. The van der Waals surface area contributed by atoms with Gasteiger partial charge >= 0.3 is 0 Å². The van der Waals surface area contributed by atoms with E-state index in [1.807, 2.05) is 23.0 Å². The molecule has 0 saturated heterocycles. The molecule has 3 aromatic rings. The summed E-state index contributed by atoms with van der Waals surface area (Å²) >= 11 is 0. The summed E-state index contributed by atoms with van der Waals surface area (Å²) in [5.74, 6) is 0. The van der Waals surface area contributed by atoms with Crippen LogP contribution in [0.3, 0.4) is 0 Å². The summed E-state index contributed by atoms with van der Waals surface area (Å²) in [5, 5.41) is 22.8. The fourth-order valence-electron chi connectivity index (χ4n) is 2.35. The summed E-state index contributed by atoms with van der Waals surface area (Å²) < 4.78 is 3.76. The van der Waals surface area contributed by atoms with Crippen molar-refractivity contribution in [2.24, 2.45) is 0 Å². The first-order valence-electron chi connectivity index (χ1n) is 6.76. The minimum Gasteiger partial charge on any atom is -0.396 e. The maximum absolute atomic E-state index is 8.90. The van der Waals surface area contributed by atoms with Gasteiger partial charge in [-0.3, -0.25) is 4.68 Å². The summed E-state index contributed by atoms with van der Waals surface area (Å²) in [4.78, 5) is 0. The van der Waals surface area contributed by atoms with Crippen molar-refractivity contribution in [1.29, 1.82) is 0 Å². The van der Waals surface area contributed by atoms with Crippen molar-refractivity contribution in [3.8, 4) is 0 Å². The Bertz CT molecular complexity index is 715. The SMILES string of the molecule is CCn1nc(Cn2cc(CCO)nn2)c2ccccc21. The normalized spacial score (nSPS) is 11.3. The Balaban J connectivity index is 1.93. The molecule has 0 unspecified atom stereocenters. The van der Waals surface area contributed by atoms with Crippen LogP contribution >= 0.6 is 0 Å². The highest BCUT2D eigenvalue weighted by Crippen LogP contribution is 2.19. The average molecular weight is 271 g/mol. The Morgan fingerprint density at radius 1 is 1.25 bits per heavy atom. The molecule has 2 aromatic heterocycles. The number of aliphatic hydroxyl groups excluding tert-OH is 1. The van der Waals surface area contributed by atoms with Crippen molar-refractivity contribution >= 4 is 10.9 Å². The smallest absolute Gasteiger partial charge is 0.0918 e. The highest BCUT2D eigenvalue weighted by molar-refractivity contribution is 5.81. The summed E-state index contributed by atoms with van der Waals surface area (Å²) in [5.41, 5.74) is 2.93. The van der Waals surface area contributed by atoms with Crippen LogP contribution in [0.4, 0.5) is 0 Å². The molecule has 0 bridgehead atoms. The lowest BCUT2D eigenvalue weighted by atomic mass is 10.2. The number of benzene rings is 1. The minimum absolute atomic E-state index is 0.0894. The van der Waals surface area contributed by atoms with Gasteiger partial charge in [0.25, 0.3) is 0 Å². The first-order valence-corrected chi connectivity index (χ1v) is 6.76. The van der Waals surface area contributed by atoms with E-state index in [1.54, 1.807) is 4.68 Å². The second-order valence-corrected chi connectivity index (χ2v) is 4.66. The lowest BCUT2D eigenvalue weighted by Gasteiger charge is -1.97. The second-order valence-electron chi connectivity index (χ2n) is 4.66. The molecule has 0 aliphatic rings. The Hall–Kier alpha value is -2.21. The number of para-hydroxylation sites is 1. The molecule has 0 atom stereocenters. The third-order valence-corrected chi connectivity index (χ3v) is 3.30. The van der Waals surface area contributed by atoms with E-state index in [2.05, 4.69) is 34.5 Å². The molecule has 3 rings (SSSR count). The van der Waals surface area contributed by atoms with Crippen molar-refractivity contribution in [2.45, 2.75) is 26.4 Å². The molecule has 0 amide bonds. The fourth-order valence-corrected chi connectivity index (χ4v) is 2.35. The Kier molecular flexibility index (Phi) is 3.47. The van der Waals surface area contributed by atoms with Crippen LogP contribution in [0, 0.1) is 0 Å². The van der Waals surface area contributed by atoms with E-state index in [-0.39, 0.29) is 6.61 Å². The molecule has 1 N–H and O–H groups in total. The molecule has 0 aliphatic heterocycles. The topological polar surface area (TPSA) is 68.8 Å². The van der Waals surface area contributed by atoms with Gasteiger partial charge in [-0.2, -0.15) is 5.10 Å². The van der Waals surface area contributed by atoms with Gasteiger partial charge in [0.15, 0.2) is 0 Å². The molecular formula is C14H17N5O. The third kappa shape index (κ3) is 2.30. The van der Waals surface area contributed by atoms with Crippen LogP contribution in [0.25, 0.3) is 10.9 Å². The molecule has 1 aromatic carbocycles. The van der Waals surface area contributed by atoms with Crippen LogP contribution in [0.5, 0.6) is 0 Å². The van der Waals surface area contributed by atoms with Gasteiger partial charge in [-0.05, 0) is 13.0 Å². The van der Waals surface area contributed by atoms with Gasteiger partial charge in [0.2, 0.25) is 0 Å². The van der Waals surface area contributed by atoms with Crippen molar-refractivity contribution in [2.75, 3.05) is 6.61 Å². The molecule has 0 fully saturated rings. The zero-order chi connectivity index (χ0) is 13.9. The van der Waals surface area contributed by atoms with E-state index in [9.17, 15) is 0 Å². The lowest BCUT2D eigenvalue weighted by molar-refractivity contribution is 0.298. The van der Waals surface area contributed by atoms with Crippen LogP contribution in [0.15, 0.2) is 30.5 Å². The molecule has 6 nitrogen and oxygen atoms in total. The minimum atomic E-state index is 0.0894. The van der Waals surface area contributed by atoms with Crippen LogP contribution in [0.1, 0.15) is 18.3 Å². The van der Waals surface area contributed by atoms with E-state index >= 15 is 0 Å².